The molecule has 0 aliphatic heterocycles. The van der Waals surface area contributed by atoms with Crippen molar-refractivity contribution in [3.05, 3.63) is 29.8 Å². The lowest BCUT2D eigenvalue weighted by Gasteiger charge is -2.07. The molecule has 0 saturated heterocycles. The minimum atomic E-state index is -0.00224. The Hall–Kier alpha value is -1.88. The second kappa shape index (κ2) is 9.09. The molecule has 1 aromatic rings. The Morgan fingerprint density at radius 2 is 1.85 bits per heavy atom. The first-order valence-electron chi connectivity index (χ1n) is 6.63. The van der Waals surface area contributed by atoms with E-state index in [0.717, 1.165) is 0 Å². The van der Waals surface area contributed by atoms with Crippen LogP contribution in [0.3, 0.4) is 0 Å². The molecule has 0 unspecified atom stereocenters. The van der Waals surface area contributed by atoms with Crippen molar-refractivity contribution >= 4 is 11.7 Å². The molecule has 0 aliphatic carbocycles. The van der Waals surface area contributed by atoms with Gasteiger partial charge in [0.15, 0.2) is 5.78 Å². The number of carbonyl (C=O) groups is 2. The van der Waals surface area contributed by atoms with Crippen molar-refractivity contribution < 1.29 is 19.1 Å². The highest BCUT2D eigenvalue weighted by Gasteiger charge is 2.02. The molecule has 5 heteroatoms. The van der Waals surface area contributed by atoms with Crippen molar-refractivity contribution in [2.75, 3.05) is 26.9 Å². The molecular formula is C15H21NO4. The maximum Gasteiger partial charge on any atom is 0.220 e. The number of ketones is 1. The van der Waals surface area contributed by atoms with E-state index in [0.29, 0.717) is 43.9 Å². The average molecular weight is 279 g/mol. The Kier molecular flexibility index (Phi) is 7.35. The maximum atomic E-state index is 11.4. The van der Waals surface area contributed by atoms with E-state index in [-0.39, 0.29) is 11.7 Å². The molecule has 0 saturated carbocycles. The monoisotopic (exact) mass is 279 g/mol. The lowest BCUT2D eigenvalue weighted by molar-refractivity contribution is -0.121. The molecule has 110 valence electrons. The quantitative estimate of drug-likeness (QED) is 0.553. The van der Waals surface area contributed by atoms with Gasteiger partial charge in [-0.05, 0) is 37.6 Å². The van der Waals surface area contributed by atoms with E-state index in [1.807, 2.05) is 0 Å². The molecule has 1 amide bonds. The molecule has 1 N–H and O–H groups in total. The topological polar surface area (TPSA) is 64.6 Å². The van der Waals surface area contributed by atoms with Gasteiger partial charge in [0.05, 0.1) is 13.2 Å². The lowest BCUT2D eigenvalue weighted by atomic mass is 10.1. The van der Waals surface area contributed by atoms with Crippen LogP contribution in [0.2, 0.25) is 0 Å². The standard InChI is InChI=1S/C15H21NO4/c1-12(17)13-5-7-14(8-6-13)20-10-3-4-15(18)16-9-11-19-2/h5-8H,3-4,9-11H2,1-2H3,(H,16,18). The largest absolute Gasteiger partial charge is 0.494 e. The molecule has 0 aliphatic rings. The van der Waals surface area contributed by atoms with Crippen molar-refractivity contribution in [2.24, 2.45) is 0 Å². The van der Waals surface area contributed by atoms with Crippen molar-refractivity contribution in [1.29, 1.82) is 0 Å². The Balaban J connectivity index is 2.17. The van der Waals surface area contributed by atoms with Crippen molar-refractivity contribution in [3.8, 4) is 5.75 Å². The summed E-state index contributed by atoms with van der Waals surface area (Å²) in [4.78, 5) is 22.5. The molecule has 0 fully saturated rings. The van der Waals surface area contributed by atoms with E-state index in [1.54, 1.807) is 31.4 Å². The maximum absolute atomic E-state index is 11.4. The molecule has 1 rings (SSSR count). The van der Waals surface area contributed by atoms with E-state index in [1.165, 1.54) is 6.92 Å². The van der Waals surface area contributed by atoms with Crippen molar-refractivity contribution in [3.63, 3.8) is 0 Å². The van der Waals surface area contributed by atoms with Crippen molar-refractivity contribution in [1.82, 2.24) is 5.32 Å². The van der Waals surface area contributed by atoms with Crippen molar-refractivity contribution in [2.45, 2.75) is 19.8 Å². The highest BCUT2D eigenvalue weighted by atomic mass is 16.5. The number of carbonyl (C=O) groups excluding carboxylic acids is 2. The van der Waals surface area contributed by atoms with E-state index >= 15 is 0 Å². The van der Waals surface area contributed by atoms with Gasteiger partial charge in [0, 0.05) is 25.6 Å². The smallest absolute Gasteiger partial charge is 0.220 e. The molecule has 0 heterocycles. The number of amides is 1. The summed E-state index contributed by atoms with van der Waals surface area (Å²) in [6.07, 6.45) is 1.07. The molecule has 1 aromatic carbocycles. The number of benzene rings is 1. The minimum absolute atomic E-state index is 0.00224. The van der Waals surface area contributed by atoms with Crippen LogP contribution in [0.4, 0.5) is 0 Å². The molecule has 0 radical (unpaired) electrons. The van der Waals surface area contributed by atoms with E-state index in [4.69, 9.17) is 9.47 Å². The highest BCUT2D eigenvalue weighted by Crippen LogP contribution is 2.12. The predicted octanol–water partition coefficient (Wildman–Crippen LogP) is 1.81. The number of hydrogen-bond donors (Lipinski definition) is 1. The fourth-order valence-electron chi connectivity index (χ4n) is 1.59. The number of rotatable bonds is 9. The summed E-state index contributed by atoms with van der Waals surface area (Å²) < 4.78 is 10.3. The van der Waals surface area contributed by atoms with Gasteiger partial charge < -0.3 is 14.8 Å². The Labute approximate surface area is 119 Å². The predicted molar refractivity (Wildman–Crippen MR) is 76.1 cm³/mol. The lowest BCUT2D eigenvalue weighted by Crippen LogP contribution is -2.26. The molecule has 0 atom stereocenters. The summed E-state index contributed by atoms with van der Waals surface area (Å²) in [6.45, 7) is 3.04. The van der Waals surface area contributed by atoms with Crippen LogP contribution in [0, 0.1) is 0 Å². The van der Waals surface area contributed by atoms with Gasteiger partial charge in [-0.15, -0.1) is 0 Å². The Morgan fingerprint density at radius 1 is 1.15 bits per heavy atom. The van der Waals surface area contributed by atoms with Gasteiger partial charge in [0.1, 0.15) is 5.75 Å². The fourth-order valence-corrected chi connectivity index (χ4v) is 1.59. The molecule has 0 aromatic heterocycles. The number of Topliss-reactive ketones (excluding diaryl/α,β-unsaturated/α-hetero) is 1. The summed E-state index contributed by atoms with van der Waals surface area (Å²) in [6, 6.07) is 6.98. The van der Waals surface area contributed by atoms with Crippen LogP contribution in [0.5, 0.6) is 5.75 Å². The van der Waals surface area contributed by atoms with Crippen LogP contribution in [0.25, 0.3) is 0 Å². The minimum Gasteiger partial charge on any atom is -0.494 e. The van der Waals surface area contributed by atoms with Crippen LogP contribution in [-0.2, 0) is 9.53 Å². The number of nitrogens with one attached hydrogen (secondary N) is 1. The number of methoxy groups -OCH3 is 1. The molecule has 0 bridgehead atoms. The summed E-state index contributed by atoms with van der Waals surface area (Å²) in [5.74, 6) is 0.733. The van der Waals surface area contributed by atoms with Crippen LogP contribution in [0.1, 0.15) is 30.1 Å². The van der Waals surface area contributed by atoms with Gasteiger partial charge in [-0.1, -0.05) is 0 Å². The summed E-state index contributed by atoms with van der Waals surface area (Å²) >= 11 is 0. The summed E-state index contributed by atoms with van der Waals surface area (Å²) in [7, 11) is 1.59. The van der Waals surface area contributed by atoms with E-state index in [2.05, 4.69) is 5.32 Å². The van der Waals surface area contributed by atoms with Crippen LogP contribution in [0.15, 0.2) is 24.3 Å². The third kappa shape index (κ3) is 6.33. The second-order valence-corrected chi connectivity index (χ2v) is 4.38. The SMILES string of the molecule is COCCNC(=O)CCCOc1ccc(C(C)=O)cc1. The van der Waals surface area contributed by atoms with Crippen LogP contribution >= 0.6 is 0 Å². The first-order chi connectivity index (χ1) is 9.63. The average Bonchev–Trinajstić information content (AvgIpc) is 2.44. The summed E-state index contributed by atoms with van der Waals surface area (Å²) in [5, 5.41) is 2.75. The van der Waals surface area contributed by atoms with Gasteiger partial charge in [0.25, 0.3) is 0 Å². The number of hydrogen-bond acceptors (Lipinski definition) is 4. The first-order valence-corrected chi connectivity index (χ1v) is 6.63. The first kappa shape index (κ1) is 16.2. The number of ether oxygens (including phenoxy) is 2. The van der Waals surface area contributed by atoms with Crippen LogP contribution in [-0.4, -0.2) is 38.6 Å². The van der Waals surface area contributed by atoms with Gasteiger partial charge in [0.2, 0.25) is 5.91 Å². The third-order valence-corrected chi connectivity index (χ3v) is 2.71. The van der Waals surface area contributed by atoms with Gasteiger partial charge >= 0.3 is 0 Å². The normalized spacial score (nSPS) is 10.1. The molecule has 0 spiro atoms. The van der Waals surface area contributed by atoms with Gasteiger partial charge in [-0.2, -0.15) is 0 Å². The zero-order valence-electron chi connectivity index (χ0n) is 12.0. The van der Waals surface area contributed by atoms with E-state index < -0.39 is 0 Å². The molecule has 20 heavy (non-hydrogen) atoms. The molecular weight excluding hydrogens is 258 g/mol. The Morgan fingerprint density at radius 3 is 2.45 bits per heavy atom. The van der Waals surface area contributed by atoms with Gasteiger partial charge in [-0.25, -0.2) is 0 Å². The Bertz CT molecular complexity index is 428. The van der Waals surface area contributed by atoms with Crippen LogP contribution < -0.4 is 10.1 Å². The van der Waals surface area contributed by atoms with E-state index in [9.17, 15) is 9.59 Å². The third-order valence-electron chi connectivity index (χ3n) is 2.71. The molecule has 5 nitrogen and oxygen atoms in total. The fraction of sp³-hybridized carbons (Fsp3) is 0.467. The highest BCUT2D eigenvalue weighted by molar-refractivity contribution is 5.94. The second-order valence-electron chi connectivity index (χ2n) is 4.38. The summed E-state index contributed by atoms with van der Waals surface area (Å²) in [5.41, 5.74) is 0.662. The zero-order valence-corrected chi connectivity index (χ0v) is 12.0. The van der Waals surface area contributed by atoms with Gasteiger partial charge in [-0.3, -0.25) is 9.59 Å². The zero-order chi connectivity index (χ0) is 14.8.